The number of hydrogen-bond acceptors (Lipinski definition) is 7. The molecule has 0 unspecified atom stereocenters. The Kier molecular flexibility index (Phi) is 7.44. The topological polar surface area (TPSA) is 107 Å². The number of anilines is 1. The summed E-state index contributed by atoms with van der Waals surface area (Å²) in [6, 6.07) is 8.36. The molecule has 10 nitrogen and oxygen atoms in total. The minimum atomic E-state index is -0.418. The molecule has 0 aliphatic heterocycles. The standard InChI is InChI=1S/C24H32N8O2S/c1-6-9-14-32-21-19(22(33)26-23(32)34)29(4)18(25-21)15-35-24-28-27-20(30(24)5)16-10-12-17(13-11-16)31(7-2)8-3/h10-13H,6-9,14-15H2,1-5H3,(H,26,33,34). The molecule has 0 fully saturated rings. The van der Waals surface area contributed by atoms with Crippen LogP contribution in [-0.2, 0) is 26.4 Å². The van der Waals surface area contributed by atoms with Crippen LogP contribution in [-0.4, -0.2) is 47.0 Å². The van der Waals surface area contributed by atoms with Crippen molar-refractivity contribution in [2.45, 2.75) is 51.1 Å². The van der Waals surface area contributed by atoms with E-state index in [1.807, 2.05) is 11.6 Å². The summed E-state index contributed by atoms with van der Waals surface area (Å²) in [6.45, 7) is 8.80. The number of H-pyrrole nitrogens is 1. The second-order valence-corrected chi connectivity index (χ2v) is 9.34. The summed E-state index contributed by atoms with van der Waals surface area (Å²) in [5.41, 5.74) is 2.18. The molecule has 0 spiro atoms. The Morgan fingerprint density at radius 3 is 2.37 bits per heavy atom. The zero-order valence-electron chi connectivity index (χ0n) is 20.9. The molecule has 0 aliphatic carbocycles. The lowest BCUT2D eigenvalue weighted by Gasteiger charge is -2.21. The van der Waals surface area contributed by atoms with E-state index >= 15 is 0 Å². The smallest absolute Gasteiger partial charge is 0.330 e. The van der Waals surface area contributed by atoms with Crippen molar-refractivity contribution in [1.82, 2.24) is 33.9 Å². The predicted octanol–water partition coefficient (Wildman–Crippen LogP) is 3.16. The van der Waals surface area contributed by atoms with Gasteiger partial charge in [0.2, 0.25) is 0 Å². The van der Waals surface area contributed by atoms with Gasteiger partial charge in [-0.05, 0) is 44.5 Å². The van der Waals surface area contributed by atoms with Crippen molar-refractivity contribution in [3.05, 3.63) is 50.9 Å². The van der Waals surface area contributed by atoms with Gasteiger partial charge < -0.3 is 14.0 Å². The number of aromatic amines is 1. The molecular formula is C24H32N8O2S. The van der Waals surface area contributed by atoms with Crippen LogP contribution in [0.25, 0.3) is 22.6 Å². The summed E-state index contributed by atoms with van der Waals surface area (Å²) in [6.07, 6.45) is 1.77. The molecule has 0 aliphatic rings. The van der Waals surface area contributed by atoms with Gasteiger partial charge in [-0.2, -0.15) is 0 Å². The van der Waals surface area contributed by atoms with Crippen LogP contribution < -0.4 is 16.1 Å². The molecule has 186 valence electrons. The van der Waals surface area contributed by atoms with Gasteiger partial charge in [0.15, 0.2) is 22.1 Å². The Bertz CT molecular complexity index is 1430. The average Bonchev–Trinajstić information content (AvgIpc) is 3.38. The zero-order chi connectivity index (χ0) is 25.1. The van der Waals surface area contributed by atoms with E-state index in [2.05, 4.69) is 70.1 Å². The van der Waals surface area contributed by atoms with Crippen LogP contribution in [0.4, 0.5) is 5.69 Å². The molecule has 3 aromatic heterocycles. The Hall–Kier alpha value is -3.34. The quantitative estimate of drug-likeness (QED) is 0.336. The summed E-state index contributed by atoms with van der Waals surface area (Å²) in [7, 11) is 3.74. The first-order valence-electron chi connectivity index (χ1n) is 12.0. The molecule has 1 N–H and O–H groups in total. The van der Waals surface area contributed by atoms with E-state index in [4.69, 9.17) is 0 Å². The third kappa shape index (κ3) is 4.77. The number of benzene rings is 1. The van der Waals surface area contributed by atoms with Crippen molar-refractivity contribution >= 4 is 28.6 Å². The molecule has 1 aromatic carbocycles. The van der Waals surface area contributed by atoms with E-state index in [0.29, 0.717) is 29.3 Å². The highest BCUT2D eigenvalue weighted by Crippen LogP contribution is 2.27. The van der Waals surface area contributed by atoms with Crippen LogP contribution in [0.1, 0.15) is 39.4 Å². The van der Waals surface area contributed by atoms with E-state index in [1.165, 1.54) is 17.4 Å². The number of unbranched alkanes of at least 4 members (excludes halogenated alkanes) is 1. The maximum absolute atomic E-state index is 12.5. The fourth-order valence-corrected chi connectivity index (χ4v) is 5.07. The SMILES string of the molecule is CCCCn1c(=O)[nH]c(=O)c2c1nc(CSc1nnc(-c3ccc(N(CC)CC)cc3)n1C)n2C. The fraction of sp³-hybridized carbons (Fsp3) is 0.458. The second-order valence-electron chi connectivity index (χ2n) is 8.40. The predicted molar refractivity (Wildman–Crippen MR) is 140 cm³/mol. The van der Waals surface area contributed by atoms with Crippen molar-refractivity contribution in [3.8, 4) is 11.4 Å². The lowest BCUT2D eigenvalue weighted by molar-refractivity contribution is 0.613. The van der Waals surface area contributed by atoms with Gasteiger partial charge >= 0.3 is 5.69 Å². The van der Waals surface area contributed by atoms with Crippen molar-refractivity contribution in [1.29, 1.82) is 0 Å². The highest BCUT2D eigenvalue weighted by atomic mass is 32.2. The number of aromatic nitrogens is 7. The first-order valence-corrected chi connectivity index (χ1v) is 12.9. The van der Waals surface area contributed by atoms with E-state index in [0.717, 1.165) is 42.5 Å². The van der Waals surface area contributed by atoms with Crippen molar-refractivity contribution in [2.75, 3.05) is 18.0 Å². The van der Waals surface area contributed by atoms with E-state index in [-0.39, 0.29) is 0 Å². The lowest BCUT2D eigenvalue weighted by atomic mass is 10.2. The zero-order valence-corrected chi connectivity index (χ0v) is 21.7. The van der Waals surface area contributed by atoms with Gasteiger partial charge in [-0.25, -0.2) is 9.78 Å². The molecule has 11 heteroatoms. The Morgan fingerprint density at radius 2 is 1.71 bits per heavy atom. The van der Waals surface area contributed by atoms with Crippen molar-refractivity contribution in [3.63, 3.8) is 0 Å². The van der Waals surface area contributed by atoms with Gasteiger partial charge in [0.05, 0.1) is 5.75 Å². The molecule has 0 amide bonds. The first kappa shape index (κ1) is 24.8. The number of hydrogen-bond donors (Lipinski definition) is 1. The highest BCUT2D eigenvalue weighted by molar-refractivity contribution is 7.98. The Morgan fingerprint density at radius 1 is 1.00 bits per heavy atom. The van der Waals surface area contributed by atoms with Crippen LogP contribution >= 0.6 is 11.8 Å². The van der Waals surface area contributed by atoms with Gasteiger partial charge in [-0.1, -0.05) is 25.1 Å². The maximum atomic E-state index is 12.5. The Labute approximate surface area is 208 Å². The molecule has 3 heterocycles. The number of thioether (sulfide) groups is 1. The third-order valence-corrected chi connectivity index (χ3v) is 7.28. The van der Waals surface area contributed by atoms with Gasteiger partial charge in [-0.3, -0.25) is 14.3 Å². The Balaban J connectivity index is 1.58. The summed E-state index contributed by atoms with van der Waals surface area (Å²) < 4.78 is 5.27. The summed E-state index contributed by atoms with van der Waals surface area (Å²) in [5.74, 6) is 1.97. The molecule has 0 radical (unpaired) electrons. The third-order valence-electron chi connectivity index (χ3n) is 6.26. The molecule has 4 aromatic rings. The van der Waals surface area contributed by atoms with Gasteiger partial charge in [-0.15, -0.1) is 10.2 Å². The summed E-state index contributed by atoms with van der Waals surface area (Å²) in [5, 5.41) is 9.53. The number of rotatable bonds is 10. The number of aryl methyl sites for hydroxylation is 2. The van der Waals surface area contributed by atoms with Gasteiger partial charge in [0.1, 0.15) is 5.82 Å². The maximum Gasteiger partial charge on any atom is 0.330 e. The minimum Gasteiger partial charge on any atom is -0.372 e. The molecule has 4 rings (SSSR count). The molecule has 0 bridgehead atoms. The lowest BCUT2D eigenvalue weighted by Crippen LogP contribution is -2.31. The van der Waals surface area contributed by atoms with E-state index < -0.39 is 11.2 Å². The monoisotopic (exact) mass is 496 g/mol. The number of imidazole rings is 1. The summed E-state index contributed by atoms with van der Waals surface area (Å²) in [4.78, 5) is 34.2. The fourth-order valence-electron chi connectivity index (χ4n) is 4.18. The summed E-state index contributed by atoms with van der Waals surface area (Å²) >= 11 is 1.49. The second kappa shape index (κ2) is 10.5. The molecule has 0 saturated carbocycles. The first-order chi connectivity index (χ1) is 16.9. The normalized spacial score (nSPS) is 11.5. The van der Waals surface area contributed by atoms with Crippen LogP contribution in [0, 0.1) is 0 Å². The number of nitrogens with one attached hydrogen (secondary N) is 1. The molecule has 35 heavy (non-hydrogen) atoms. The van der Waals surface area contributed by atoms with Crippen LogP contribution in [0.5, 0.6) is 0 Å². The van der Waals surface area contributed by atoms with Crippen LogP contribution in [0.2, 0.25) is 0 Å². The molecular weight excluding hydrogens is 464 g/mol. The van der Waals surface area contributed by atoms with E-state index in [9.17, 15) is 9.59 Å². The van der Waals surface area contributed by atoms with Crippen LogP contribution in [0.3, 0.4) is 0 Å². The average molecular weight is 497 g/mol. The largest absolute Gasteiger partial charge is 0.372 e. The highest BCUT2D eigenvalue weighted by Gasteiger charge is 2.18. The van der Waals surface area contributed by atoms with E-state index in [1.54, 1.807) is 16.2 Å². The van der Waals surface area contributed by atoms with Gasteiger partial charge in [0, 0.05) is 45.0 Å². The molecule has 0 saturated heterocycles. The minimum absolute atomic E-state index is 0.406. The van der Waals surface area contributed by atoms with Crippen molar-refractivity contribution in [2.24, 2.45) is 14.1 Å². The number of nitrogens with zero attached hydrogens (tertiary/aromatic N) is 7. The van der Waals surface area contributed by atoms with Crippen molar-refractivity contribution < 1.29 is 0 Å². The van der Waals surface area contributed by atoms with Gasteiger partial charge in [0.25, 0.3) is 5.56 Å². The molecule has 0 atom stereocenters. The van der Waals surface area contributed by atoms with Crippen LogP contribution in [0.15, 0.2) is 39.0 Å². The number of fused-ring (bicyclic) bond motifs is 1.